The van der Waals surface area contributed by atoms with Crippen molar-refractivity contribution >= 4 is 0 Å². The molecule has 1 heterocycles. The minimum Gasteiger partial charge on any atom is -0.315 e. The summed E-state index contributed by atoms with van der Waals surface area (Å²) in [4.78, 5) is 9.55. The van der Waals surface area contributed by atoms with Crippen molar-refractivity contribution in [1.82, 2.24) is 15.3 Å². The summed E-state index contributed by atoms with van der Waals surface area (Å²) in [5.74, 6) is 1.63. The van der Waals surface area contributed by atoms with E-state index in [1.165, 1.54) is 23.4 Å². The van der Waals surface area contributed by atoms with E-state index >= 15 is 0 Å². The van der Waals surface area contributed by atoms with Gasteiger partial charge >= 0.3 is 0 Å². The molecule has 1 fully saturated rings. The Bertz CT molecular complexity index is 454. The normalized spacial score (nSPS) is 20.4. The molecule has 1 aromatic heterocycles. The molecule has 1 N–H and O–H groups in total. The average molecular weight is 275 g/mol. The van der Waals surface area contributed by atoms with Crippen LogP contribution in [0.1, 0.15) is 69.2 Å². The van der Waals surface area contributed by atoms with Gasteiger partial charge in [0.05, 0.1) is 0 Å². The van der Waals surface area contributed by atoms with Gasteiger partial charge in [-0.05, 0) is 50.6 Å². The Morgan fingerprint density at radius 3 is 2.20 bits per heavy atom. The van der Waals surface area contributed by atoms with Crippen molar-refractivity contribution in [2.24, 2.45) is 5.41 Å². The first-order valence-electron chi connectivity index (χ1n) is 7.88. The number of hydrogen-bond acceptors (Lipinski definition) is 3. The van der Waals surface area contributed by atoms with E-state index in [1.807, 2.05) is 0 Å². The molecule has 112 valence electrons. The molecule has 1 aromatic rings. The minimum absolute atomic E-state index is 0.404. The van der Waals surface area contributed by atoms with Crippen LogP contribution in [0.5, 0.6) is 0 Å². The molecule has 0 aliphatic heterocycles. The highest BCUT2D eigenvalue weighted by molar-refractivity contribution is 5.27. The van der Waals surface area contributed by atoms with Crippen molar-refractivity contribution in [3.8, 4) is 0 Å². The number of rotatable bonds is 6. The zero-order valence-corrected chi connectivity index (χ0v) is 13.9. The lowest BCUT2D eigenvalue weighted by atomic mass is 10.1. The Hall–Kier alpha value is -0.960. The molecular weight excluding hydrogens is 246 g/mol. The Labute approximate surface area is 123 Å². The van der Waals surface area contributed by atoms with Crippen LogP contribution in [-0.2, 0) is 6.42 Å². The molecule has 1 atom stereocenters. The second kappa shape index (κ2) is 5.80. The molecule has 0 bridgehead atoms. The van der Waals surface area contributed by atoms with Gasteiger partial charge in [0.2, 0.25) is 0 Å². The van der Waals surface area contributed by atoms with Crippen LogP contribution in [0.3, 0.4) is 0 Å². The summed E-state index contributed by atoms with van der Waals surface area (Å²) in [6, 6.07) is 0.563. The fraction of sp³-hybridized carbons (Fsp3) is 0.765. The lowest BCUT2D eigenvalue weighted by molar-refractivity contribution is 0.568. The first-order valence-corrected chi connectivity index (χ1v) is 7.88. The van der Waals surface area contributed by atoms with Crippen LogP contribution < -0.4 is 5.32 Å². The maximum Gasteiger partial charge on any atom is 0.132 e. The molecule has 0 aromatic carbocycles. The molecule has 0 spiro atoms. The average Bonchev–Trinajstić information content (AvgIpc) is 2.96. The van der Waals surface area contributed by atoms with E-state index < -0.39 is 0 Å². The first-order chi connectivity index (χ1) is 9.31. The van der Waals surface area contributed by atoms with Gasteiger partial charge in [-0.3, -0.25) is 0 Å². The molecule has 3 nitrogen and oxygen atoms in total. The van der Waals surface area contributed by atoms with Gasteiger partial charge < -0.3 is 5.32 Å². The van der Waals surface area contributed by atoms with Crippen LogP contribution in [0, 0.1) is 19.3 Å². The summed E-state index contributed by atoms with van der Waals surface area (Å²) in [5, 5.41) is 3.46. The predicted octanol–water partition coefficient (Wildman–Crippen LogP) is 3.54. The summed E-state index contributed by atoms with van der Waals surface area (Å²) in [6.07, 6.45) is 3.45. The first kappa shape index (κ1) is 15.4. The monoisotopic (exact) mass is 275 g/mol. The summed E-state index contributed by atoms with van der Waals surface area (Å²) in [5.41, 5.74) is 4.11. The molecule has 0 amide bonds. The van der Waals surface area contributed by atoms with Gasteiger partial charge in [-0.2, -0.15) is 0 Å². The maximum atomic E-state index is 4.77. The third-order valence-electron chi connectivity index (χ3n) is 4.42. The number of nitrogens with one attached hydrogen (secondary N) is 1. The van der Waals surface area contributed by atoms with E-state index in [2.05, 4.69) is 46.9 Å². The molecule has 20 heavy (non-hydrogen) atoms. The number of hydrogen-bond donors (Lipinski definition) is 1. The molecule has 1 aliphatic rings. The highest BCUT2D eigenvalue weighted by Gasteiger charge is 2.48. The van der Waals surface area contributed by atoms with Gasteiger partial charge in [0.25, 0.3) is 0 Å². The lowest BCUT2D eigenvalue weighted by Gasteiger charge is -2.13. The molecule has 1 unspecified atom stereocenters. The van der Waals surface area contributed by atoms with E-state index in [4.69, 9.17) is 9.97 Å². The van der Waals surface area contributed by atoms with Gasteiger partial charge in [-0.25, -0.2) is 9.97 Å². The molecular formula is C17H29N3. The van der Waals surface area contributed by atoms with E-state index in [0.717, 1.165) is 25.2 Å². The van der Waals surface area contributed by atoms with Gasteiger partial charge in [-0.15, -0.1) is 0 Å². The smallest absolute Gasteiger partial charge is 0.132 e. The van der Waals surface area contributed by atoms with Crippen molar-refractivity contribution in [3.05, 3.63) is 22.8 Å². The second-order valence-electron chi connectivity index (χ2n) is 7.19. The summed E-state index contributed by atoms with van der Waals surface area (Å²) < 4.78 is 0. The molecule has 2 rings (SSSR count). The van der Waals surface area contributed by atoms with Crippen LogP contribution in [-0.4, -0.2) is 22.6 Å². The van der Waals surface area contributed by atoms with Gasteiger partial charge in [0.15, 0.2) is 0 Å². The fourth-order valence-corrected chi connectivity index (χ4v) is 2.85. The van der Waals surface area contributed by atoms with E-state index in [-0.39, 0.29) is 0 Å². The predicted molar refractivity (Wildman–Crippen MR) is 84.1 cm³/mol. The van der Waals surface area contributed by atoms with Crippen molar-refractivity contribution in [1.29, 1.82) is 0 Å². The Balaban J connectivity index is 2.00. The quantitative estimate of drug-likeness (QED) is 0.807. The summed E-state index contributed by atoms with van der Waals surface area (Å²) in [6.45, 7) is 14.3. The van der Waals surface area contributed by atoms with Crippen molar-refractivity contribution in [2.45, 2.75) is 72.8 Å². The lowest BCUT2D eigenvalue weighted by Crippen LogP contribution is -2.24. The Kier molecular flexibility index (Phi) is 4.48. The molecule has 1 aliphatic carbocycles. The molecule has 0 radical (unpaired) electrons. The van der Waals surface area contributed by atoms with E-state index in [9.17, 15) is 0 Å². The van der Waals surface area contributed by atoms with Gasteiger partial charge in [0.1, 0.15) is 5.82 Å². The van der Waals surface area contributed by atoms with Crippen molar-refractivity contribution in [2.75, 3.05) is 6.54 Å². The van der Waals surface area contributed by atoms with Gasteiger partial charge in [0, 0.05) is 23.3 Å². The number of aryl methyl sites for hydroxylation is 2. The second-order valence-corrected chi connectivity index (χ2v) is 7.19. The molecule has 0 saturated heterocycles. The standard InChI is InChI=1S/C17H29N3/c1-11(2)18-9-7-8-14-12(3)19-16(20-13(14)4)15-10-17(15,5)6/h11,15,18H,7-10H2,1-6H3. The number of aromatic nitrogens is 2. The highest BCUT2D eigenvalue weighted by Crippen LogP contribution is 2.57. The topological polar surface area (TPSA) is 37.8 Å². The van der Waals surface area contributed by atoms with E-state index in [1.54, 1.807) is 0 Å². The molecule has 1 saturated carbocycles. The Morgan fingerprint density at radius 1 is 1.20 bits per heavy atom. The maximum absolute atomic E-state index is 4.77. The number of nitrogens with zero attached hydrogens (tertiary/aromatic N) is 2. The van der Waals surface area contributed by atoms with E-state index in [0.29, 0.717) is 17.4 Å². The van der Waals surface area contributed by atoms with Crippen LogP contribution in [0.25, 0.3) is 0 Å². The van der Waals surface area contributed by atoms with Crippen molar-refractivity contribution in [3.63, 3.8) is 0 Å². The zero-order valence-electron chi connectivity index (χ0n) is 13.9. The third-order valence-corrected chi connectivity index (χ3v) is 4.42. The van der Waals surface area contributed by atoms with Crippen LogP contribution in [0.2, 0.25) is 0 Å². The largest absolute Gasteiger partial charge is 0.315 e. The van der Waals surface area contributed by atoms with Crippen LogP contribution in [0.15, 0.2) is 0 Å². The Morgan fingerprint density at radius 2 is 1.75 bits per heavy atom. The third kappa shape index (κ3) is 3.57. The van der Waals surface area contributed by atoms with Gasteiger partial charge in [-0.1, -0.05) is 27.7 Å². The zero-order chi connectivity index (χ0) is 14.9. The SMILES string of the molecule is Cc1nc(C2CC2(C)C)nc(C)c1CCCNC(C)C. The van der Waals surface area contributed by atoms with Crippen molar-refractivity contribution < 1.29 is 0 Å². The minimum atomic E-state index is 0.404. The van der Waals surface area contributed by atoms with Crippen LogP contribution in [0.4, 0.5) is 0 Å². The highest BCUT2D eigenvalue weighted by atomic mass is 14.9. The molecule has 3 heteroatoms. The fourth-order valence-electron chi connectivity index (χ4n) is 2.85. The van der Waals surface area contributed by atoms with Crippen LogP contribution >= 0.6 is 0 Å². The summed E-state index contributed by atoms with van der Waals surface area (Å²) in [7, 11) is 0. The summed E-state index contributed by atoms with van der Waals surface area (Å²) >= 11 is 0.